The van der Waals surface area contributed by atoms with Crippen LogP contribution in [0.1, 0.15) is 18.1 Å². The molecule has 0 spiro atoms. The molecule has 20 heavy (non-hydrogen) atoms. The van der Waals surface area contributed by atoms with E-state index in [4.69, 9.17) is 5.26 Å². The smallest absolute Gasteiger partial charge is 0.466 e. The molecule has 0 atom stereocenters. The largest absolute Gasteiger partial charge is 0.573 e. The predicted octanol–water partition coefficient (Wildman–Crippen LogP) is 3.32. The van der Waals surface area contributed by atoms with E-state index in [2.05, 4.69) is 25.4 Å². The van der Waals surface area contributed by atoms with Gasteiger partial charge in [-0.05, 0) is 35.0 Å². The van der Waals surface area contributed by atoms with Crippen LogP contribution in [-0.4, -0.2) is 18.9 Å². The maximum absolute atomic E-state index is 12.4. The molecular formula is C12H9BrF3NO3. The van der Waals surface area contributed by atoms with Gasteiger partial charge in [0, 0.05) is 5.56 Å². The first-order chi connectivity index (χ1) is 9.28. The van der Waals surface area contributed by atoms with Crippen LogP contribution in [-0.2, 0) is 16.0 Å². The highest BCUT2D eigenvalue weighted by Crippen LogP contribution is 2.36. The highest BCUT2D eigenvalue weighted by molar-refractivity contribution is 9.10. The van der Waals surface area contributed by atoms with Crippen LogP contribution in [0.25, 0.3) is 0 Å². The molecule has 1 rings (SSSR count). The molecule has 0 amide bonds. The van der Waals surface area contributed by atoms with Crippen LogP contribution in [0.2, 0.25) is 0 Å². The molecule has 0 heterocycles. The van der Waals surface area contributed by atoms with Crippen LogP contribution in [0.4, 0.5) is 13.2 Å². The van der Waals surface area contributed by atoms with Gasteiger partial charge in [-0.2, -0.15) is 5.26 Å². The third kappa shape index (κ3) is 4.42. The molecular weight excluding hydrogens is 343 g/mol. The zero-order chi connectivity index (χ0) is 15.3. The number of hydrogen-bond donors (Lipinski definition) is 0. The quantitative estimate of drug-likeness (QED) is 0.780. The molecule has 0 aliphatic heterocycles. The molecule has 0 saturated heterocycles. The van der Waals surface area contributed by atoms with Gasteiger partial charge in [-0.15, -0.1) is 13.2 Å². The van der Waals surface area contributed by atoms with E-state index in [-0.39, 0.29) is 22.2 Å². The van der Waals surface area contributed by atoms with Gasteiger partial charge in [0.05, 0.1) is 29.1 Å². The summed E-state index contributed by atoms with van der Waals surface area (Å²) in [4.78, 5) is 11.4. The van der Waals surface area contributed by atoms with E-state index in [0.717, 1.165) is 0 Å². The van der Waals surface area contributed by atoms with Crippen molar-refractivity contribution in [2.24, 2.45) is 0 Å². The number of esters is 1. The highest BCUT2D eigenvalue weighted by Gasteiger charge is 2.34. The van der Waals surface area contributed by atoms with Crippen molar-refractivity contribution in [1.29, 1.82) is 5.26 Å². The van der Waals surface area contributed by atoms with E-state index >= 15 is 0 Å². The number of benzene rings is 1. The van der Waals surface area contributed by atoms with E-state index in [1.807, 2.05) is 0 Å². The molecule has 0 unspecified atom stereocenters. The lowest BCUT2D eigenvalue weighted by Gasteiger charge is -2.15. The van der Waals surface area contributed by atoms with Gasteiger partial charge in [-0.3, -0.25) is 4.79 Å². The Labute approximate surface area is 121 Å². The molecule has 0 aliphatic carbocycles. The maximum Gasteiger partial charge on any atom is 0.573 e. The Bertz CT molecular complexity index is 552. The Morgan fingerprint density at radius 3 is 2.60 bits per heavy atom. The van der Waals surface area contributed by atoms with Crippen molar-refractivity contribution in [1.82, 2.24) is 0 Å². The summed E-state index contributed by atoms with van der Waals surface area (Å²) in [6, 6.07) is 4.26. The van der Waals surface area contributed by atoms with E-state index < -0.39 is 24.5 Å². The molecule has 1 aromatic carbocycles. The van der Waals surface area contributed by atoms with Gasteiger partial charge in [-0.25, -0.2) is 0 Å². The van der Waals surface area contributed by atoms with Crippen LogP contribution in [0.5, 0.6) is 5.75 Å². The van der Waals surface area contributed by atoms with E-state index in [1.54, 1.807) is 13.0 Å². The van der Waals surface area contributed by atoms with Gasteiger partial charge in [0.1, 0.15) is 5.75 Å². The summed E-state index contributed by atoms with van der Waals surface area (Å²) in [7, 11) is 0. The number of carbonyl (C=O) groups is 1. The van der Waals surface area contributed by atoms with Crippen molar-refractivity contribution < 1.29 is 27.4 Å². The molecule has 0 fully saturated rings. The minimum atomic E-state index is -4.93. The molecule has 108 valence electrons. The zero-order valence-corrected chi connectivity index (χ0v) is 11.8. The SMILES string of the molecule is CCOC(=O)Cc1c(C#N)ccc(Br)c1OC(F)(F)F. The minimum absolute atomic E-state index is 0.00637. The summed E-state index contributed by atoms with van der Waals surface area (Å²) in [5.74, 6) is -1.35. The molecule has 4 nitrogen and oxygen atoms in total. The predicted molar refractivity (Wildman–Crippen MR) is 65.9 cm³/mol. The van der Waals surface area contributed by atoms with Crippen molar-refractivity contribution in [3.8, 4) is 11.8 Å². The number of carbonyl (C=O) groups excluding carboxylic acids is 1. The van der Waals surface area contributed by atoms with Gasteiger partial charge in [0.25, 0.3) is 0 Å². The van der Waals surface area contributed by atoms with Crippen molar-refractivity contribution in [2.75, 3.05) is 6.61 Å². The number of hydrogen-bond acceptors (Lipinski definition) is 4. The summed E-state index contributed by atoms with van der Waals surface area (Å²) >= 11 is 2.91. The zero-order valence-electron chi connectivity index (χ0n) is 10.3. The van der Waals surface area contributed by atoms with Gasteiger partial charge >= 0.3 is 12.3 Å². The summed E-state index contributed by atoms with van der Waals surface area (Å²) in [5.41, 5.74) is -0.252. The topological polar surface area (TPSA) is 59.3 Å². The second-order valence-electron chi connectivity index (χ2n) is 3.54. The van der Waals surface area contributed by atoms with E-state index in [9.17, 15) is 18.0 Å². The van der Waals surface area contributed by atoms with Crippen LogP contribution in [0, 0.1) is 11.3 Å². The van der Waals surface area contributed by atoms with Crippen molar-refractivity contribution >= 4 is 21.9 Å². The van der Waals surface area contributed by atoms with Gasteiger partial charge < -0.3 is 9.47 Å². The van der Waals surface area contributed by atoms with Crippen molar-refractivity contribution in [3.63, 3.8) is 0 Å². The monoisotopic (exact) mass is 351 g/mol. The lowest BCUT2D eigenvalue weighted by Crippen LogP contribution is -2.20. The number of nitriles is 1. The number of nitrogens with zero attached hydrogens (tertiary/aromatic N) is 1. The lowest BCUT2D eigenvalue weighted by atomic mass is 10.0. The number of alkyl halides is 3. The molecule has 0 bridgehead atoms. The Kier molecular flexibility index (Phi) is 5.39. The normalized spacial score (nSPS) is 10.8. The summed E-state index contributed by atoms with van der Waals surface area (Å²) in [5, 5.41) is 8.92. The molecule has 0 saturated carbocycles. The van der Waals surface area contributed by atoms with E-state index in [1.165, 1.54) is 12.1 Å². The first-order valence-electron chi connectivity index (χ1n) is 5.41. The molecule has 0 aromatic heterocycles. The van der Waals surface area contributed by atoms with Crippen LogP contribution in [0.3, 0.4) is 0 Å². The number of halogens is 4. The summed E-state index contributed by atoms with van der Waals surface area (Å²) < 4.78 is 45.7. The maximum atomic E-state index is 12.4. The second kappa shape index (κ2) is 6.61. The van der Waals surface area contributed by atoms with Crippen molar-refractivity contribution in [2.45, 2.75) is 19.7 Å². The molecule has 1 aromatic rings. The second-order valence-corrected chi connectivity index (χ2v) is 4.40. The highest BCUT2D eigenvalue weighted by atomic mass is 79.9. The van der Waals surface area contributed by atoms with Gasteiger partial charge in [-0.1, -0.05) is 0 Å². The minimum Gasteiger partial charge on any atom is -0.466 e. The fourth-order valence-corrected chi connectivity index (χ4v) is 1.91. The lowest BCUT2D eigenvalue weighted by molar-refractivity contribution is -0.275. The third-order valence-electron chi connectivity index (χ3n) is 2.18. The third-order valence-corrected chi connectivity index (χ3v) is 2.80. The average Bonchev–Trinajstić information content (AvgIpc) is 2.33. The summed E-state index contributed by atoms with van der Waals surface area (Å²) in [6.07, 6.45) is -5.42. The fraction of sp³-hybridized carbons (Fsp3) is 0.333. The number of ether oxygens (including phenoxy) is 2. The van der Waals surface area contributed by atoms with Gasteiger partial charge in [0.15, 0.2) is 0 Å². The van der Waals surface area contributed by atoms with Crippen molar-refractivity contribution in [3.05, 3.63) is 27.7 Å². The number of rotatable bonds is 4. The Hall–Kier alpha value is -1.75. The fourth-order valence-electron chi connectivity index (χ4n) is 1.46. The Morgan fingerprint density at radius 1 is 1.45 bits per heavy atom. The van der Waals surface area contributed by atoms with Crippen LogP contribution < -0.4 is 4.74 Å². The van der Waals surface area contributed by atoms with Crippen LogP contribution >= 0.6 is 15.9 Å². The molecule has 0 aliphatic rings. The van der Waals surface area contributed by atoms with Gasteiger partial charge in [0.2, 0.25) is 0 Å². The first-order valence-corrected chi connectivity index (χ1v) is 6.20. The summed E-state index contributed by atoms with van der Waals surface area (Å²) in [6.45, 7) is 1.65. The Morgan fingerprint density at radius 2 is 2.10 bits per heavy atom. The molecule has 0 N–H and O–H groups in total. The van der Waals surface area contributed by atoms with E-state index in [0.29, 0.717) is 0 Å². The Balaban J connectivity index is 3.26. The average molecular weight is 352 g/mol. The molecule has 8 heteroatoms. The molecule has 0 radical (unpaired) electrons. The van der Waals surface area contributed by atoms with Crippen LogP contribution in [0.15, 0.2) is 16.6 Å². The first kappa shape index (κ1) is 16.3. The standard InChI is InChI=1S/C12H9BrF3NO3/c1-2-19-10(18)5-8-7(6-17)3-4-9(13)11(8)20-12(14,15)16/h3-4H,2,5H2,1H3.